The number of aryl methyl sites for hydroxylation is 1. The molecule has 1 atom stereocenters. The van der Waals surface area contributed by atoms with Crippen LogP contribution in [0.1, 0.15) is 37.9 Å². The van der Waals surface area contributed by atoms with Crippen LogP contribution in [0.2, 0.25) is 0 Å². The molecule has 1 fully saturated rings. The summed E-state index contributed by atoms with van der Waals surface area (Å²) in [5.74, 6) is 0.791. The lowest BCUT2D eigenvalue weighted by atomic mass is 9.85. The Morgan fingerprint density at radius 3 is 2.73 bits per heavy atom. The third kappa shape index (κ3) is 2.82. The molecular weight excluding hydrogens is 278 g/mol. The predicted molar refractivity (Wildman–Crippen MR) is 84.7 cm³/mol. The highest BCUT2D eigenvalue weighted by atomic mass is 16.4. The van der Waals surface area contributed by atoms with Crippen LogP contribution < -0.4 is 0 Å². The fraction of sp³-hybridized carbons (Fsp3) is 0.647. The molecule has 0 bridgehead atoms. The number of piperidine rings is 1. The molecule has 2 heterocycles. The van der Waals surface area contributed by atoms with Gasteiger partial charge in [-0.05, 0) is 44.9 Å². The van der Waals surface area contributed by atoms with E-state index in [1.165, 1.54) is 19.3 Å². The zero-order chi connectivity index (χ0) is 15.6. The van der Waals surface area contributed by atoms with E-state index in [0.29, 0.717) is 12.8 Å². The first-order valence-corrected chi connectivity index (χ1v) is 8.23. The molecule has 3 rings (SSSR count). The number of hydrogen-bond donors (Lipinski definition) is 1. The molecule has 1 unspecified atom stereocenters. The van der Waals surface area contributed by atoms with Crippen molar-refractivity contribution >= 4 is 5.97 Å². The van der Waals surface area contributed by atoms with Gasteiger partial charge in [0, 0.05) is 32.0 Å². The number of nitrogens with zero attached hydrogens (tertiary/aromatic N) is 3. The van der Waals surface area contributed by atoms with Crippen LogP contribution in [0.5, 0.6) is 0 Å². The van der Waals surface area contributed by atoms with Crippen LogP contribution in [-0.4, -0.2) is 45.2 Å². The maximum Gasteiger partial charge on any atom is 0.330 e. The van der Waals surface area contributed by atoms with Gasteiger partial charge in [0.25, 0.3) is 0 Å². The Labute approximate surface area is 131 Å². The fourth-order valence-electron chi connectivity index (χ4n) is 3.88. The summed E-state index contributed by atoms with van der Waals surface area (Å²) in [4.78, 5) is 18.6. The Kier molecular flexibility index (Phi) is 4.34. The van der Waals surface area contributed by atoms with Gasteiger partial charge in [0.05, 0.1) is 0 Å². The first kappa shape index (κ1) is 15.3. The second-order valence-corrected chi connectivity index (χ2v) is 6.63. The zero-order valence-corrected chi connectivity index (χ0v) is 13.2. The molecule has 120 valence electrons. The molecule has 0 amide bonds. The van der Waals surface area contributed by atoms with Crippen LogP contribution in [-0.2, 0) is 10.3 Å². The number of imidazole rings is 1. The van der Waals surface area contributed by atoms with E-state index in [-0.39, 0.29) is 0 Å². The molecule has 2 aliphatic rings. The van der Waals surface area contributed by atoms with E-state index in [0.717, 1.165) is 31.4 Å². The third-order valence-corrected chi connectivity index (χ3v) is 5.26. The molecule has 1 aromatic heterocycles. The minimum absolute atomic E-state index is 0.655. The summed E-state index contributed by atoms with van der Waals surface area (Å²) in [5.41, 5.74) is -0.816. The summed E-state index contributed by atoms with van der Waals surface area (Å²) in [7, 11) is 0. The molecule has 22 heavy (non-hydrogen) atoms. The highest BCUT2D eigenvalue weighted by Gasteiger charge is 2.44. The third-order valence-electron chi connectivity index (χ3n) is 5.26. The van der Waals surface area contributed by atoms with Gasteiger partial charge in [-0.15, -0.1) is 0 Å². The minimum atomic E-state index is -0.816. The van der Waals surface area contributed by atoms with Crippen molar-refractivity contribution in [1.29, 1.82) is 0 Å². The number of hydrogen-bond acceptors (Lipinski definition) is 3. The van der Waals surface area contributed by atoms with E-state index in [1.807, 2.05) is 17.7 Å². The minimum Gasteiger partial charge on any atom is -0.479 e. The van der Waals surface area contributed by atoms with Gasteiger partial charge in [0.15, 0.2) is 0 Å². The van der Waals surface area contributed by atoms with Crippen molar-refractivity contribution in [2.75, 3.05) is 19.6 Å². The van der Waals surface area contributed by atoms with E-state index < -0.39 is 11.5 Å². The number of rotatable bonds is 4. The SMILES string of the molecule is Cc1nccn1C1(C(=O)O)CCN(CC2CC=CCC2)CC1. The van der Waals surface area contributed by atoms with Gasteiger partial charge in [0.2, 0.25) is 0 Å². The topological polar surface area (TPSA) is 58.4 Å². The molecular formula is C17H25N3O2. The Balaban J connectivity index is 1.67. The van der Waals surface area contributed by atoms with E-state index in [1.54, 1.807) is 6.20 Å². The normalized spacial score (nSPS) is 25.2. The molecule has 0 radical (unpaired) electrons. The van der Waals surface area contributed by atoms with Crippen molar-refractivity contribution < 1.29 is 9.90 Å². The van der Waals surface area contributed by atoms with Crippen LogP contribution in [0.4, 0.5) is 0 Å². The Bertz CT molecular complexity index is 556. The average Bonchev–Trinajstić information content (AvgIpc) is 2.96. The van der Waals surface area contributed by atoms with Crippen LogP contribution in [0.15, 0.2) is 24.5 Å². The zero-order valence-electron chi connectivity index (χ0n) is 13.2. The molecule has 1 aliphatic carbocycles. The second-order valence-electron chi connectivity index (χ2n) is 6.63. The number of carboxylic acid groups (broad SMARTS) is 1. The van der Waals surface area contributed by atoms with Crippen molar-refractivity contribution in [2.24, 2.45) is 5.92 Å². The highest BCUT2D eigenvalue weighted by molar-refractivity contribution is 5.77. The van der Waals surface area contributed by atoms with Gasteiger partial charge in [0.1, 0.15) is 11.4 Å². The molecule has 1 aromatic rings. The average molecular weight is 303 g/mol. The monoisotopic (exact) mass is 303 g/mol. The summed E-state index contributed by atoms with van der Waals surface area (Å²) in [6, 6.07) is 0. The van der Waals surface area contributed by atoms with Crippen LogP contribution in [0.3, 0.4) is 0 Å². The van der Waals surface area contributed by atoms with Gasteiger partial charge in [-0.25, -0.2) is 9.78 Å². The lowest BCUT2D eigenvalue weighted by molar-refractivity contribution is -0.150. The van der Waals surface area contributed by atoms with E-state index in [4.69, 9.17) is 0 Å². The highest BCUT2D eigenvalue weighted by Crippen LogP contribution is 2.32. The van der Waals surface area contributed by atoms with Crippen LogP contribution in [0, 0.1) is 12.8 Å². The standard InChI is InChI=1S/C17H25N3O2/c1-14-18-9-12-20(14)17(16(21)22)7-10-19(11-8-17)13-15-5-3-2-4-6-15/h2-3,9,12,15H,4-8,10-11,13H2,1H3,(H,21,22). The lowest BCUT2D eigenvalue weighted by Crippen LogP contribution is -2.52. The molecule has 1 saturated heterocycles. The maximum atomic E-state index is 11.9. The maximum absolute atomic E-state index is 11.9. The number of aromatic nitrogens is 2. The largest absolute Gasteiger partial charge is 0.479 e. The number of carboxylic acids is 1. The predicted octanol–water partition coefficient (Wildman–Crippen LogP) is 2.42. The van der Waals surface area contributed by atoms with Crippen molar-refractivity contribution in [1.82, 2.24) is 14.5 Å². The van der Waals surface area contributed by atoms with Gasteiger partial charge >= 0.3 is 5.97 Å². The number of aliphatic carboxylic acids is 1. The number of allylic oxidation sites excluding steroid dienone is 2. The van der Waals surface area contributed by atoms with Gasteiger partial charge in [-0.1, -0.05) is 12.2 Å². The van der Waals surface area contributed by atoms with Gasteiger partial charge < -0.3 is 14.6 Å². The molecule has 5 heteroatoms. The summed E-state index contributed by atoms with van der Waals surface area (Å²) in [5, 5.41) is 9.82. The Morgan fingerprint density at radius 2 is 2.18 bits per heavy atom. The van der Waals surface area contributed by atoms with Gasteiger partial charge in [-0.3, -0.25) is 0 Å². The summed E-state index contributed by atoms with van der Waals surface area (Å²) in [6.07, 6.45) is 13.0. The van der Waals surface area contributed by atoms with E-state index in [2.05, 4.69) is 22.0 Å². The van der Waals surface area contributed by atoms with Gasteiger partial charge in [-0.2, -0.15) is 0 Å². The molecule has 5 nitrogen and oxygen atoms in total. The molecule has 0 aromatic carbocycles. The van der Waals surface area contributed by atoms with E-state index >= 15 is 0 Å². The molecule has 1 N–H and O–H groups in total. The summed E-state index contributed by atoms with van der Waals surface area (Å²) in [6.45, 7) is 4.68. The van der Waals surface area contributed by atoms with Crippen LogP contribution in [0.25, 0.3) is 0 Å². The molecule has 0 saturated carbocycles. The smallest absolute Gasteiger partial charge is 0.330 e. The van der Waals surface area contributed by atoms with Crippen LogP contribution >= 0.6 is 0 Å². The van der Waals surface area contributed by atoms with Crippen molar-refractivity contribution in [2.45, 2.75) is 44.6 Å². The number of likely N-dealkylation sites (tertiary alicyclic amines) is 1. The van der Waals surface area contributed by atoms with Crippen molar-refractivity contribution in [3.8, 4) is 0 Å². The Morgan fingerprint density at radius 1 is 1.41 bits per heavy atom. The van der Waals surface area contributed by atoms with Crippen molar-refractivity contribution in [3.05, 3.63) is 30.4 Å². The van der Waals surface area contributed by atoms with Crippen molar-refractivity contribution in [3.63, 3.8) is 0 Å². The number of carbonyl (C=O) groups is 1. The first-order chi connectivity index (χ1) is 10.6. The quantitative estimate of drug-likeness (QED) is 0.868. The fourth-order valence-corrected chi connectivity index (χ4v) is 3.88. The first-order valence-electron chi connectivity index (χ1n) is 8.23. The lowest BCUT2D eigenvalue weighted by Gasteiger charge is -2.41. The molecule has 0 spiro atoms. The summed E-state index contributed by atoms with van der Waals surface area (Å²) >= 11 is 0. The molecule has 1 aliphatic heterocycles. The summed E-state index contributed by atoms with van der Waals surface area (Å²) < 4.78 is 1.86. The van der Waals surface area contributed by atoms with E-state index in [9.17, 15) is 9.90 Å². The Hall–Kier alpha value is -1.62. The second kappa shape index (κ2) is 6.24.